The third-order valence-electron chi connectivity index (χ3n) is 4.76. The second-order valence-electron chi connectivity index (χ2n) is 6.61. The predicted octanol–water partition coefficient (Wildman–Crippen LogP) is 2.16. The molecular formula is C21H19FN4O3. The number of para-hydroxylation sites is 1. The van der Waals surface area contributed by atoms with E-state index in [1.807, 2.05) is 24.3 Å². The number of carbonyl (C=O) groups excluding carboxylic acids is 1. The topological polar surface area (TPSA) is 77.6 Å². The summed E-state index contributed by atoms with van der Waals surface area (Å²) < 4.78 is 21.4. The van der Waals surface area contributed by atoms with Crippen LogP contribution >= 0.6 is 0 Å². The largest absolute Gasteiger partial charge is 0.496 e. The molecule has 0 atom stereocenters. The van der Waals surface area contributed by atoms with Crippen molar-refractivity contribution in [3.63, 3.8) is 0 Å². The van der Waals surface area contributed by atoms with Crippen molar-refractivity contribution < 1.29 is 13.9 Å². The van der Waals surface area contributed by atoms with Gasteiger partial charge >= 0.3 is 0 Å². The second kappa shape index (κ2) is 7.75. The Kier molecular flexibility index (Phi) is 4.99. The van der Waals surface area contributed by atoms with Gasteiger partial charge in [0.05, 0.1) is 12.6 Å². The molecule has 0 saturated carbocycles. The number of hydrogen-bond donors (Lipinski definition) is 1. The first-order chi connectivity index (χ1) is 14.1. The van der Waals surface area contributed by atoms with Gasteiger partial charge in [-0.15, -0.1) is 0 Å². The fourth-order valence-electron chi connectivity index (χ4n) is 3.35. The van der Waals surface area contributed by atoms with Crippen molar-refractivity contribution in [3.8, 4) is 5.75 Å². The van der Waals surface area contributed by atoms with E-state index in [1.54, 1.807) is 23.6 Å². The summed E-state index contributed by atoms with van der Waals surface area (Å²) in [4.78, 5) is 25.0. The molecule has 148 valence electrons. The Morgan fingerprint density at radius 3 is 2.83 bits per heavy atom. The first kappa shape index (κ1) is 18.7. The van der Waals surface area contributed by atoms with E-state index in [9.17, 15) is 14.0 Å². The molecule has 4 rings (SSSR count). The molecule has 0 unspecified atom stereocenters. The molecule has 0 bridgehead atoms. The summed E-state index contributed by atoms with van der Waals surface area (Å²) in [5.41, 5.74) is 1.59. The molecule has 7 nitrogen and oxygen atoms in total. The normalized spacial score (nSPS) is 11.1. The summed E-state index contributed by atoms with van der Waals surface area (Å²) in [5.74, 6) is 0.0685. The van der Waals surface area contributed by atoms with E-state index >= 15 is 0 Å². The van der Waals surface area contributed by atoms with Crippen molar-refractivity contribution in [2.45, 2.75) is 13.0 Å². The molecule has 0 aliphatic carbocycles. The molecule has 4 aromatic rings. The number of halogens is 1. The zero-order chi connectivity index (χ0) is 20.4. The van der Waals surface area contributed by atoms with Crippen LogP contribution in [-0.2, 0) is 17.8 Å². The molecule has 2 heterocycles. The molecule has 2 aromatic heterocycles. The highest BCUT2D eigenvalue weighted by Gasteiger charge is 2.12. The Balaban J connectivity index is 1.47. The Labute approximate surface area is 165 Å². The van der Waals surface area contributed by atoms with Gasteiger partial charge in [-0.25, -0.2) is 9.07 Å². The number of carbonyl (C=O) groups is 1. The van der Waals surface area contributed by atoms with Crippen LogP contribution in [0.5, 0.6) is 5.75 Å². The lowest BCUT2D eigenvalue weighted by atomic mass is 10.1. The number of fused-ring (bicyclic) bond motifs is 3. The van der Waals surface area contributed by atoms with Gasteiger partial charge in [0.2, 0.25) is 5.91 Å². The first-order valence-electron chi connectivity index (χ1n) is 9.12. The van der Waals surface area contributed by atoms with Crippen LogP contribution in [0.4, 0.5) is 4.39 Å². The van der Waals surface area contributed by atoms with Crippen LogP contribution in [0.2, 0.25) is 0 Å². The smallest absolute Gasteiger partial charge is 0.291 e. The van der Waals surface area contributed by atoms with Crippen LogP contribution in [0.1, 0.15) is 5.56 Å². The molecule has 1 N–H and O–H groups in total. The summed E-state index contributed by atoms with van der Waals surface area (Å²) in [6.07, 6.45) is 2.06. The number of aromatic nitrogens is 3. The van der Waals surface area contributed by atoms with Gasteiger partial charge < -0.3 is 10.1 Å². The number of methoxy groups -OCH3 is 1. The van der Waals surface area contributed by atoms with Gasteiger partial charge in [-0.3, -0.25) is 14.0 Å². The Morgan fingerprint density at radius 1 is 1.17 bits per heavy atom. The lowest BCUT2D eigenvalue weighted by Gasteiger charge is -2.09. The van der Waals surface area contributed by atoms with Crippen LogP contribution in [0.25, 0.3) is 16.4 Å². The highest BCUT2D eigenvalue weighted by atomic mass is 19.1. The predicted molar refractivity (Wildman–Crippen MR) is 107 cm³/mol. The molecule has 2 aromatic carbocycles. The summed E-state index contributed by atoms with van der Waals surface area (Å²) in [5, 5.41) is 7.47. The molecule has 8 heteroatoms. The van der Waals surface area contributed by atoms with Crippen molar-refractivity contribution in [1.29, 1.82) is 0 Å². The van der Waals surface area contributed by atoms with E-state index in [0.717, 1.165) is 16.0 Å². The number of benzene rings is 2. The van der Waals surface area contributed by atoms with Crippen LogP contribution in [0.15, 0.2) is 59.7 Å². The first-order valence-corrected chi connectivity index (χ1v) is 9.12. The van der Waals surface area contributed by atoms with Gasteiger partial charge in [0.1, 0.15) is 30.0 Å². The second-order valence-corrected chi connectivity index (χ2v) is 6.61. The van der Waals surface area contributed by atoms with Crippen molar-refractivity contribution in [1.82, 2.24) is 19.5 Å². The zero-order valence-corrected chi connectivity index (χ0v) is 15.8. The number of amides is 1. The summed E-state index contributed by atoms with van der Waals surface area (Å²) in [7, 11) is 1.60. The summed E-state index contributed by atoms with van der Waals surface area (Å²) >= 11 is 0. The maximum atomic E-state index is 13.4. The third-order valence-corrected chi connectivity index (χ3v) is 4.76. The highest BCUT2D eigenvalue weighted by molar-refractivity contribution is 5.86. The minimum Gasteiger partial charge on any atom is -0.496 e. The maximum Gasteiger partial charge on any atom is 0.291 e. The monoisotopic (exact) mass is 394 g/mol. The number of ether oxygens (including phenoxy) is 1. The average molecular weight is 394 g/mol. The van der Waals surface area contributed by atoms with E-state index in [-0.39, 0.29) is 18.3 Å². The quantitative estimate of drug-likeness (QED) is 0.544. The van der Waals surface area contributed by atoms with Crippen LogP contribution in [0.3, 0.4) is 0 Å². The molecule has 0 fully saturated rings. The fourth-order valence-corrected chi connectivity index (χ4v) is 3.35. The van der Waals surface area contributed by atoms with Gasteiger partial charge in [-0.05, 0) is 42.3 Å². The number of nitrogens with one attached hydrogen (secondary N) is 1. The lowest BCUT2D eigenvalue weighted by molar-refractivity contribution is -0.121. The molecule has 0 aliphatic heterocycles. The van der Waals surface area contributed by atoms with E-state index in [4.69, 9.17) is 4.74 Å². The van der Waals surface area contributed by atoms with Crippen molar-refractivity contribution in [2.75, 3.05) is 13.7 Å². The van der Waals surface area contributed by atoms with Gasteiger partial charge in [-0.1, -0.05) is 18.2 Å². The Hall–Kier alpha value is -3.68. The number of nitrogens with zero attached hydrogens (tertiary/aromatic N) is 3. The van der Waals surface area contributed by atoms with Crippen LogP contribution in [-0.4, -0.2) is 33.7 Å². The molecule has 0 aliphatic rings. The van der Waals surface area contributed by atoms with Crippen molar-refractivity contribution >= 4 is 22.3 Å². The minimum atomic E-state index is -0.413. The summed E-state index contributed by atoms with van der Waals surface area (Å²) in [6, 6.07) is 13.5. The Bertz CT molecular complexity index is 1260. The average Bonchev–Trinajstić information content (AvgIpc) is 3.09. The standard InChI is InChI=1S/C21H19FN4O3/c1-29-19-5-3-2-4-14(19)8-9-23-20(27)12-26-21(28)18-11-15-10-16(22)6-7-17(15)25(18)13-24-26/h2-7,10-11,13H,8-9,12H2,1H3,(H,23,27). The fraction of sp³-hybridized carbons (Fsp3) is 0.190. The molecule has 0 spiro atoms. The molecule has 0 radical (unpaired) electrons. The molecular weight excluding hydrogens is 375 g/mol. The lowest BCUT2D eigenvalue weighted by Crippen LogP contribution is -2.35. The van der Waals surface area contributed by atoms with E-state index < -0.39 is 5.56 Å². The van der Waals surface area contributed by atoms with Gasteiger partial charge in [0.25, 0.3) is 5.56 Å². The van der Waals surface area contributed by atoms with E-state index in [1.165, 1.54) is 18.5 Å². The number of hydrogen-bond acceptors (Lipinski definition) is 4. The van der Waals surface area contributed by atoms with Gasteiger partial charge in [-0.2, -0.15) is 5.10 Å². The zero-order valence-electron chi connectivity index (χ0n) is 15.8. The molecule has 29 heavy (non-hydrogen) atoms. The third kappa shape index (κ3) is 3.69. The van der Waals surface area contributed by atoms with Crippen LogP contribution < -0.4 is 15.6 Å². The van der Waals surface area contributed by atoms with Gasteiger partial charge in [0.15, 0.2) is 0 Å². The van der Waals surface area contributed by atoms with E-state index in [2.05, 4.69) is 10.4 Å². The molecule has 0 saturated heterocycles. The summed E-state index contributed by atoms with van der Waals surface area (Å²) in [6.45, 7) is 0.210. The highest BCUT2D eigenvalue weighted by Crippen LogP contribution is 2.19. The minimum absolute atomic E-state index is 0.197. The van der Waals surface area contributed by atoms with Crippen molar-refractivity contribution in [3.05, 3.63) is 76.6 Å². The number of rotatable bonds is 6. The van der Waals surface area contributed by atoms with Gasteiger partial charge in [0, 0.05) is 11.9 Å². The Morgan fingerprint density at radius 2 is 2.00 bits per heavy atom. The van der Waals surface area contributed by atoms with Crippen LogP contribution in [0, 0.1) is 5.82 Å². The maximum absolute atomic E-state index is 13.4. The van der Waals surface area contributed by atoms with E-state index in [0.29, 0.717) is 29.4 Å². The SMILES string of the molecule is COc1ccccc1CCNC(=O)Cn1ncn2c(cc3cc(F)ccc32)c1=O. The molecule has 1 amide bonds. The van der Waals surface area contributed by atoms with Crippen molar-refractivity contribution in [2.24, 2.45) is 0 Å².